The molecule has 1 unspecified atom stereocenters. The molecular formula is C23H35N3O. The fourth-order valence-corrected chi connectivity index (χ4v) is 5.42. The first-order valence-corrected chi connectivity index (χ1v) is 10.8. The number of likely N-dealkylation sites (tertiary alicyclic amines) is 1. The molecule has 27 heavy (non-hydrogen) atoms. The molecule has 0 radical (unpaired) electrons. The van der Waals surface area contributed by atoms with Crippen LogP contribution < -0.4 is 5.32 Å². The van der Waals surface area contributed by atoms with Gasteiger partial charge in [0.05, 0.1) is 0 Å². The lowest BCUT2D eigenvalue weighted by Crippen LogP contribution is -2.44. The minimum absolute atomic E-state index is 0.0690. The summed E-state index contributed by atoms with van der Waals surface area (Å²) >= 11 is 0. The summed E-state index contributed by atoms with van der Waals surface area (Å²) in [6, 6.07) is 8.79. The Labute approximate surface area is 164 Å². The Morgan fingerprint density at radius 3 is 2.67 bits per heavy atom. The summed E-state index contributed by atoms with van der Waals surface area (Å²) in [7, 11) is 0. The van der Waals surface area contributed by atoms with Crippen molar-refractivity contribution < 1.29 is 4.79 Å². The lowest BCUT2D eigenvalue weighted by atomic mass is 9.80. The van der Waals surface area contributed by atoms with Crippen LogP contribution in [0.1, 0.15) is 44.2 Å². The quantitative estimate of drug-likeness (QED) is 0.890. The lowest BCUT2D eigenvalue weighted by Gasteiger charge is -2.34. The second-order valence-electron chi connectivity index (χ2n) is 9.47. The number of piperidine rings is 1. The lowest BCUT2D eigenvalue weighted by molar-refractivity contribution is -0.136. The van der Waals surface area contributed by atoms with E-state index in [1.54, 1.807) is 0 Å². The minimum Gasteiger partial charge on any atom is -0.338 e. The van der Waals surface area contributed by atoms with Crippen molar-refractivity contribution >= 4 is 5.91 Å². The van der Waals surface area contributed by atoms with Crippen molar-refractivity contribution in [2.24, 2.45) is 17.3 Å². The van der Waals surface area contributed by atoms with Gasteiger partial charge in [0.2, 0.25) is 5.91 Å². The first-order valence-electron chi connectivity index (χ1n) is 10.8. The van der Waals surface area contributed by atoms with Gasteiger partial charge in [-0.05, 0) is 62.4 Å². The molecular weight excluding hydrogens is 334 g/mol. The third kappa shape index (κ3) is 4.22. The van der Waals surface area contributed by atoms with Crippen molar-refractivity contribution in [1.29, 1.82) is 0 Å². The zero-order chi connectivity index (χ0) is 18.9. The van der Waals surface area contributed by atoms with Gasteiger partial charge in [-0.2, -0.15) is 0 Å². The van der Waals surface area contributed by atoms with Gasteiger partial charge in [0.25, 0.3) is 0 Å². The van der Waals surface area contributed by atoms with E-state index in [4.69, 9.17) is 0 Å². The highest BCUT2D eigenvalue weighted by Gasteiger charge is 2.43. The van der Waals surface area contributed by atoms with Gasteiger partial charge < -0.3 is 15.1 Å². The third-order valence-corrected chi connectivity index (χ3v) is 6.87. The summed E-state index contributed by atoms with van der Waals surface area (Å²) < 4.78 is 0. The summed E-state index contributed by atoms with van der Waals surface area (Å²) in [5.41, 5.74) is 3.03. The minimum atomic E-state index is 0.0690. The molecule has 1 aromatic rings. The van der Waals surface area contributed by atoms with E-state index >= 15 is 0 Å². The predicted molar refractivity (Wildman–Crippen MR) is 109 cm³/mol. The standard InChI is InChI=1S/C23H35N3O/c1-18(2)22(27)26-15-21-6-4-3-5-20(21)13-23(17-26)9-12-25(16-23)14-19-7-10-24-11-8-19/h3-6,18-19,24H,7-17H2,1-2H3. The van der Waals surface area contributed by atoms with Crippen LogP contribution in [0.4, 0.5) is 0 Å². The molecule has 0 aliphatic carbocycles. The van der Waals surface area contributed by atoms with E-state index in [0.29, 0.717) is 5.91 Å². The van der Waals surface area contributed by atoms with Crippen LogP contribution in [0.5, 0.6) is 0 Å². The first-order chi connectivity index (χ1) is 13.0. The molecule has 3 heterocycles. The maximum Gasteiger partial charge on any atom is 0.225 e. The number of benzene rings is 1. The van der Waals surface area contributed by atoms with Crippen LogP contribution >= 0.6 is 0 Å². The average molecular weight is 370 g/mol. The van der Waals surface area contributed by atoms with Gasteiger partial charge in [-0.1, -0.05) is 38.1 Å². The van der Waals surface area contributed by atoms with E-state index in [1.807, 2.05) is 13.8 Å². The summed E-state index contributed by atoms with van der Waals surface area (Å²) in [5, 5.41) is 3.48. The fraction of sp³-hybridized carbons (Fsp3) is 0.696. The van der Waals surface area contributed by atoms with Crippen molar-refractivity contribution in [3.63, 3.8) is 0 Å². The Morgan fingerprint density at radius 2 is 1.93 bits per heavy atom. The van der Waals surface area contributed by atoms with Gasteiger partial charge >= 0.3 is 0 Å². The Balaban J connectivity index is 1.52. The van der Waals surface area contributed by atoms with Crippen molar-refractivity contribution in [2.45, 2.75) is 46.1 Å². The number of fused-ring (bicyclic) bond motifs is 1. The summed E-state index contributed by atoms with van der Waals surface area (Å²) in [4.78, 5) is 17.8. The van der Waals surface area contributed by atoms with Gasteiger partial charge in [-0.15, -0.1) is 0 Å². The molecule has 3 aliphatic heterocycles. The number of rotatable bonds is 3. The number of hydrogen-bond donors (Lipinski definition) is 1. The van der Waals surface area contributed by atoms with E-state index in [2.05, 4.69) is 39.4 Å². The van der Waals surface area contributed by atoms with Crippen LogP contribution in [-0.2, 0) is 17.8 Å². The third-order valence-electron chi connectivity index (χ3n) is 6.87. The molecule has 0 bridgehead atoms. The number of hydrogen-bond acceptors (Lipinski definition) is 3. The molecule has 1 atom stereocenters. The molecule has 1 N–H and O–H groups in total. The van der Waals surface area contributed by atoms with Crippen LogP contribution in [0.3, 0.4) is 0 Å². The van der Waals surface area contributed by atoms with Crippen LogP contribution in [0, 0.1) is 17.3 Å². The number of amides is 1. The summed E-state index contributed by atoms with van der Waals surface area (Å²) in [5.74, 6) is 1.22. The van der Waals surface area contributed by atoms with Gasteiger partial charge in [0, 0.05) is 37.5 Å². The second kappa shape index (κ2) is 7.92. The zero-order valence-corrected chi connectivity index (χ0v) is 17.0. The van der Waals surface area contributed by atoms with Gasteiger partial charge in [0.1, 0.15) is 0 Å². The SMILES string of the molecule is CC(C)C(=O)N1Cc2ccccc2CC2(CCN(CC3CCNCC3)C2)C1. The molecule has 1 amide bonds. The Kier molecular flexibility index (Phi) is 5.56. The van der Waals surface area contributed by atoms with E-state index in [1.165, 1.54) is 56.6 Å². The van der Waals surface area contributed by atoms with Crippen LogP contribution in [0.15, 0.2) is 24.3 Å². The number of nitrogens with one attached hydrogen (secondary N) is 1. The van der Waals surface area contributed by atoms with Gasteiger partial charge in [-0.3, -0.25) is 4.79 Å². The highest BCUT2D eigenvalue weighted by molar-refractivity contribution is 5.78. The predicted octanol–water partition coefficient (Wildman–Crippen LogP) is 2.92. The van der Waals surface area contributed by atoms with Crippen molar-refractivity contribution in [3.05, 3.63) is 35.4 Å². The molecule has 2 saturated heterocycles. The monoisotopic (exact) mass is 369 g/mol. The van der Waals surface area contributed by atoms with Crippen molar-refractivity contribution in [3.8, 4) is 0 Å². The molecule has 0 saturated carbocycles. The van der Waals surface area contributed by atoms with E-state index in [0.717, 1.165) is 32.0 Å². The fourth-order valence-electron chi connectivity index (χ4n) is 5.42. The van der Waals surface area contributed by atoms with Crippen molar-refractivity contribution in [1.82, 2.24) is 15.1 Å². The maximum atomic E-state index is 12.9. The smallest absolute Gasteiger partial charge is 0.225 e. The average Bonchev–Trinajstić information content (AvgIpc) is 2.96. The molecule has 2 fully saturated rings. The normalized spacial score (nSPS) is 27.1. The number of carbonyl (C=O) groups is 1. The van der Waals surface area contributed by atoms with Gasteiger partial charge in [0.15, 0.2) is 0 Å². The van der Waals surface area contributed by atoms with E-state index in [-0.39, 0.29) is 11.3 Å². The molecule has 4 nitrogen and oxygen atoms in total. The molecule has 1 spiro atoms. The summed E-state index contributed by atoms with van der Waals surface area (Å²) in [6.07, 6.45) is 4.95. The molecule has 1 aromatic carbocycles. The maximum absolute atomic E-state index is 12.9. The molecule has 4 heteroatoms. The van der Waals surface area contributed by atoms with Crippen LogP contribution in [0.2, 0.25) is 0 Å². The highest BCUT2D eigenvalue weighted by atomic mass is 16.2. The van der Waals surface area contributed by atoms with E-state index < -0.39 is 0 Å². The van der Waals surface area contributed by atoms with Crippen LogP contribution in [0.25, 0.3) is 0 Å². The summed E-state index contributed by atoms with van der Waals surface area (Å²) in [6.45, 7) is 11.7. The molecule has 3 aliphatic rings. The number of carbonyl (C=O) groups excluding carboxylic acids is 1. The second-order valence-corrected chi connectivity index (χ2v) is 9.47. The molecule has 148 valence electrons. The number of nitrogens with zero attached hydrogens (tertiary/aromatic N) is 2. The first kappa shape index (κ1) is 18.9. The highest BCUT2D eigenvalue weighted by Crippen LogP contribution is 2.39. The Morgan fingerprint density at radius 1 is 1.19 bits per heavy atom. The molecule has 4 rings (SSSR count). The topological polar surface area (TPSA) is 35.6 Å². The van der Waals surface area contributed by atoms with Gasteiger partial charge in [-0.25, -0.2) is 0 Å². The van der Waals surface area contributed by atoms with Crippen molar-refractivity contribution in [2.75, 3.05) is 39.3 Å². The zero-order valence-electron chi connectivity index (χ0n) is 17.0. The Hall–Kier alpha value is -1.39. The van der Waals surface area contributed by atoms with E-state index in [9.17, 15) is 4.79 Å². The van der Waals surface area contributed by atoms with Crippen LogP contribution in [-0.4, -0.2) is 55.0 Å². The Bertz CT molecular complexity index is 667. The largest absolute Gasteiger partial charge is 0.338 e. The molecule has 0 aromatic heterocycles.